The molecule has 0 aromatic carbocycles. The predicted octanol–water partition coefficient (Wildman–Crippen LogP) is 0.767. The van der Waals surface area contributed by atoms with Gasteiger partial charge >= 0.3 is 5.97 Å². The molecule has 0 saturated heterocycles. The second-order valence-electron chi connectivity index (χ2n) is 5.39. The Labute approximate surface area is 118 Å². The normalized spacial score (nSPS) is 14.3. The predicted molar refractivity (Wildman–Crippen MR) is 73.3 cm³/mol. The number of rotatable bonds is 5. The highest BCUT2D eigenvalue weighted by molar-refractivity contribution is 7.89. The number of carboxylic acid groups (broad SMARTS) is 1. The molecule has 1 unspecified atom stereocenters. The lowest BCUT2D eigenvalue weighted by Crippen LogP contribution is -2.50. The van der Waals surface area contributed by atoms with Gasteiger partial charge in [-0.05, 0) is 34.6 Å². The summed E-state index contributed by atoms with van der Waals surface area (Å²) in [6, 6.07) is 0. The van der Waals surface area contributed by atoms with E-state index in [4.69, 9.17) is 5.11 Å². The molecular weight excluding hydrogens is 284 g/mol. The SMILES string of the molecule is Cc1[nH]c(C(=O)O)c(C)c1S(=O)(=O)NC(C)(C)C(C)O. The molecule has 0 amide bonds. The van der Waals surface area contributed by atoms with Crippen molar-refractivity contribution in [2.75, 3.05) is 0 Å². The average Bonchev–Trinajstić information content (AvgIpc) is 2.52. The van der Waals surface area contributed by atoms with Crippen LogP contribution in [0.25, 0.3) is 0 Å². The van der Waals surface area contributed by atoms with Gasteiger partial charge < -0.3 is 15.2 Å². The number of nitrogens with one attached hydrogen (secondary N) is 2. The van der Waals surface area contributed by atoms with Gasteiger partial charge in [0.1, 0.15) is 10.6 Å². The third kappa shape index (κ3) is 3.02. The van der Waals surface area contributed by atoms with Crippen LogP contribution in [0.5, 0.6) is 0 Å². The lowest BCUT2D eigenvalue weighted by atomic mass is 10.0. The van der Waals surface area contributed by atoms with Crippen molar-refractivity contribution in [3.63, 3.8) is 0 Å². The largest absolute Gasteiger partial charge is 0.477 e. The van der Waals surface area contributed by atoms with Gasteiger partial charge in [-0.2, -0.15) is 0 Å². The second kappa shape index (κ2) is 5.19. The van der Waals surface area contributed by atoms with E-state index in [1.165, 1.54) is 20.8 Å². The van der Waals surface area contributed by atoms with Gasteiger partial charge in [-0.3, -0.25) is 0 Å². The van der Waals surface area contributed by atoms with Crippen LogP contribution in [0, 0.1) is 13.8 Å². The molecule has 0 aliphatic heterocycles. The van der Waals surface area contributed by atoms with Crippen LogP contribution < -0.4 is 4.72 Å². The summed E-state index contributed by atoms with van der Waals surface area (Å²) in [6.07, 6.45) is -0.907. The lowest BCUT2D eigenvalue weighted by Gasteiger charge is -2.29. The van der Waals surface area contributed by atoms with Crippen LogP contribution in [0.1, 0.15) is 42.5 Å². The zero-order chi connectivity index (χ0) is 15.9. The molecule has 114 valence electrons. The minimum atomic E-state index is -3.94. The zero-order valence-electron chi connectivity index (χ0n) is 12.1. The number of sulfonamides is 1. The van der Waals surface area contributed by atoms with E-state index >= 15 is 0 Å². The molecule has 20 heavy (non-hydrogen) atoms. The highest BCUT2D eigenvalue weighted by Crippen LogP contribution is 2.25. The Bertz CT molecular complexity index is 629. The summed E-state index contributed by atoms with van der Waals surface area (Å²) in [4.78, 5) is 13.5. The van der Waals surface area contributed by atoms with E-state index in [0.717, 1.165) is 0 Å². The number of hydrogen-bond donors (Lipinski definition) is 4. The summed E-state index contributed by atoms with van der Waals surface area (Å²) in [5.41, 5.74) is -0.839. The molecule has 8 heteroatoms. The summed E-state index contributed by atoms with van der Waals surface area (Å²) < 4.78 is 27.2. The minimum Gasteiger partial charge on any atom is -0.477 e. The van der Waals surface area contributed by atoms with Crippen molar-refractivity contribution in [2.45, 2.75) is 51.2 Å². The fraction of sp³-hybridized carbons (Fsp3) is 0.583. The number of hydrogen-bond acceptors (Lipinski definition) is 4. The number of aromatic nitrogens is 1. The third-order valence-corrected chi connectivity index (χ3v) is 5.24. The van der Waals surface area contributed by atoms with E-state index in [9.17, 15) is 18.3 Å². The molecule has 0 aliphatic carbocycles. The first-order valence-corrected chi connectivity index (χ1v) is 7.53. The molecule has 4 N–H and O–H groups in total. The number of carboxylic acids is 1. The lowest BCUT2D eigenvalue weighted by molar-refractivity contribution is 0.0690. The first kappa shape index (κ1) is 16.7. The standard InChI is InChI=1S/C12H20N2O5S/c1-6-9(11(16)17)13-7(2)10(6)20(18,19)14-12(4,5)8(3)15/h8,13-15H,1-5H3,(H,16,17). The summed E-state index contributed by atoms with van der Waals surface area (Å²) >= 11 is 0. The number of aromatic carboxylic acids is 1. The fourth-order valence-electron chi connectivity index (χ4n) is 1.83. The van der Waals surface area contributed by atoms with Crippen LogP contribution in [-0.4, -0.2) is 41.2 Å². The topological polar surface area (TPSA) is 119 Å². The quantitative estimate of drug-likeness (QED) is 0.640. The van der Waals surface area contributed by atoms with E-state index in [1.807, 2.05) is 0 Å². The maximum Gasteiger partial charge on any atom is 0.352 e. The number of carbonyl (C=O) groups is 1. The average molecular weight is 304 g/mol. The first-order valence-electron chi connectivity index (χ1n) is 6.04. The van der Waals surface area contributed by atoms with Crippen molar-refractivity contribution in [1.29, 1.82) is 0 Å². The van der Waals surface area contributed by atoms with Crippen molar-refractivity contribution >= 4 is 16.0 Å². The third-order valence-electron chi connectivity index (χ3n) is 3.29. The van der Waals surface area contributed by atoms with Crippen LogP contribution in [0.15, 0.2) is 4.90 Å². The molecule has 0 saturated carbocycles. The van der Waals surface area contributed by atoms with Gasteiger partial charge in [-0.25, -0.2) is 17.9 Å². The fourth-order valence-corrected chi connectivity index (χ4v) is 3.76. The van der Waals surface area contributed by atoms with Crippen LogP contribution in [-0.2, 0) is 10.0 Å². The summed E-state index contributed by atoms with van der Waals surface area (Å²) in [7, 11) is -3.94. The van der Waals surface area contributed by atoms with Gasteiger partial charge in [-0.15, -0.1) is 0 Å². The number of aliphatic hydroxyl groups excluding tert-OH is 1. The van der Waals surface area contributed by atoms with E-state index < -0.39 is 27.6 Å². The van der Waals surface area contributed by atoms with Crippen molar-refractivity contribution < 1.29 is 23.4 Å². The monoisotopic (exact) mass is 304 g/mol. The maximum atomic E-state index is 12.4. The molecule has 7 nitrogen and oxygen atoms in total. The Balaban J connectivity index is 3.34. The van der Waals surface area contributed by atoms with Crippen molar-refractivity contribution in [2.24, 2.45) is 0 Å². The number of aliphatic hydroxyl groups is 1. The van der Waals surface area contributed by atoms with Gasteiger partial charge in [0.05, 0.1) is 11.6 Å². The molecular formula is C12H20N2O5S. The maximum absolute atomic E-state index is 12.4. The Morgan fingerprint density at radius 2 is 1.85 bits per heavy atom. The molecule has 0 fully saturated rings. The number of H-pyrrole nitrogens is 1. The number of aromatic amines is 1. The molecule has 1 atom stereocenters. The van der Waals surface area contributed by atoms with Crippen LogP contribution in [0.3, 0.4) is 0 Å². The van der Waals surface area contributed by atoms with Crippen molar-refractivity contribution in [3.05, 3.63) is 17.0 Å². The van der Waals surface area contributed by atoms with Crippen LogP contribution >= 0.6 is 0 Å². The van der Waals surface area contributed by atoms with Gasteiger partial charge in [0, 0.05) is 11.3 Å². The molecule has 0 bridgehead atoms. The van der Waals surface area contributed by atoms with E-state index in [-0.39, 0.29) is 21.8 Å². The highest BCUT2D eigenvalue weighted by atomic mass is 32.2. The molecule has 0 spiro atoms. The first-order chi connectivity index (χ1) is 8.90. The zero-order valence-corrected chi connectivity index (χ0v) is 12.9. The smallest absolute Gasteiger partial charge is 0.352 e. The summed E-state index contributed by atoms with van der Waals surface area (Å²) in [6.45, 7) is 7.48. The van der Waals surface area contributed by atoms with Crippen LogP contribution in [0.2, 0.25) is 0 Å². The number of aryl methyl sites for hydroxylation is 1. The van der Waals surface area contributed by atoms with Gasteiger partial charge in [0.25, 0.3) is 0 Å². The summed E-state index contributed by atoms with van der Waals surface area (Å²) in [5.74, 6) is -1.22. The van der Waals surface area contributed by atoms with Gasteiger partial charge in [0.2, 0.25) is 10.0 Å². The Morgan fingerprint density at radius 1 is 1.35 bits per heavy atom. The Hall–Kier alpha value is -1.38. The molecule has 1 heterocycles. The van der Waals surface area contributed by atoms with Crippen LogP contribution in [0.4, 0.5) is 0 Å². The molecule has 0 aliphatic rings. The van der Waals surface area contributed by atoms with Gasteiger partial charge in [-0.1, -0.05) is 0 Å². The van der Waals surface area contributed by atoms with Crippen molar-refractivity contribution in [3.8, 4) is 0 Å². The highest BCUT2D eigenvalue weighted by Gasteiger charge is 2.34. The summed E-state index contributed by atoms with van der Waals surface area (Å²) in [5, 5.41) is 18.6. The van der Waals surface area contributed by atoms with Crippen molar-refractivity contribution in [1.82, 2.24) is 9.71 Å². The van der Waals surface area contributed by atoms with E-state index in [1.54, 1.807) is 13.8 Å². The minimum absolute atomic E-state index is 0.0939. The molecule has 1 aromatic rings. The molecule has 1 aromatic heterocycles. The second-order valence-corrected chi connectivity index (χ2v) is 7.01. The molecule has 0 radical (unpaired) electrons. The Morgan fingerprint density at radius 3 is 2.20 bits per heavy atom. The molecule has 1 rings (SSSR count). The van der Waals surface area contributed by atoms with E-state index in [2.05, 4.69) is 9.71 Å². The van der Waals surface area contributed by atoms with E-state index in [0.29, 0.717) is 0 Å². The Kier molecular flexibility index (Phi) is 4.33. The van der Waals surface area contributed by atoms with Gasteiger partial charge in [0.15, 0.2) is 0 Å².